The van der Waals surface area contributed by atoms with Gasteiger partial charge in [0, 0.05) is 12.3 Å². The van der Waals surface area contributed by atoms with Crippen molar-refractivity contribution in [3.05, 3.63) is 68.9 Å². The molecule has 3 aromatic heterocycles. The molecule has 0 fully saturated rings. The van der Waals surface area contributed by atoms with Crippen LogP contribution in [0, 0.1) is 11.6 Å². The Labute approximate surface area is 168 Å². The molecule has 9 nitrogen and oxygen atoms in total. The van der Waals surface area contributed by atoms with Gasteiger partial charge >= 0.3 is 5.69 Å². The van der Waals surface area contributed by atoms with Gasteiger partial charge in [-0.25, -0.2) is 18.1 Å². The Kier molecular flexibility index (Phi) is 5.49. The predicted octanol–water partition coefficient (Wildman–Crippen LogP) is 0.947. The van der Waals surface area contributed by atoms with Gasteiger partial charge in [-0.05, 0) is 26.8 Å². The van der Waals surface area contributed by atoms with Gasteiger partial charge in [0.05, 0.1) is 40.6 Å². The van der Waals surface area contributed by atoms with Crippen molar-refractivity contribution in [1.82, 2.24) is 24.8 Å². The lowest BCUT2D eigenvalue weighted by Gasteiger charge is -2.30. The predicted molar refractivity (Wildman–Crippen MR) is 103 cm³/mol. The molecule has 3 rings (SSSR count). The quantitative estimate of drug-likeness (QED) is 0.565. The minimum atomic E-state index is -1.85. The summed E-state index contributed by atoms with van der Waals surface area (Å²) in [5.41, 5.74) is -3.66. The molecular formula is C19H19F2N5O4. The number of fused-ring (bicyclic) bond motifs is 1. The zero-order chi connectivity index (χ0) is 22.2. The third-order valence-electron chi connectivity index (χ3n) is 4.51. The average Bonchev–Trinajstić information content (AvgIpc) is 2.63. The molecule has 0 aliphatic heterocycles. The molecule has 0 spiro atoms. The summed E-state index contributed by atoms with van der Waals surface area (Å²) in [5.74, 6) is -2.79. The number of aromatic amines is 1. The van der Waals surface area contributed by atoms with Crippen LogP contribution in [-0.4, -0.2) is 36.1 Å². The van der Waals surface area contributed by atoms with Crippen LogP contribution in [0.1, 0.15) is 38.5 Å². The lowest BCUT2D eigenvalue weighted by atomic mass is 9.97. The van der Waals surface area contributed by atoms with E-state index in [0.717, 1.165) is 6.20 Å². The molecule has 0 bridgehead atoms. The molecule has 3 N–H and O–H groups in total. The number of carbonyl (C=O) groups is 1. The maximum absolute atomic E-state index is 14.0. The molecule has 0 saturated carbocycles. The van der Waals surface area contributed by atoms with Crippen LogP contribution in [0.2, 0.25) is 0 Å². The average molecular weight is 419 g/mol. The van der Waals surface area contributed by atoms with Gasteiger partial charge in [0.1, 0.15) is 17.7 Å². The van der Waals surface area contributed by atoms with E-state index in [2.05, 4.69) is 20.3 Å². The Morgan fingerprint density at radius 2 is 2.00 bits per heavy atom. The van der Waals surface area contributed by atoms with Crippen LogP contribution in [0.15, 0.2) is 40.3 Å². The second-order valence-electron chi connectivity index (χ2n) is 7.33. The third kappa shape index (κ3) is 3.96. The van der Waals surface area contributed by atoms with Crippen LogP contribution in [-0.2, 0) is 4.79 Å². The number of nitrogens with zero attached hydrogens (tertiary/aromatic N) is 3. The number of aliphatic hydroxyl groups is 1. The van der Waals surface area contributed by atoms with Crippen molar-refractivity contribution in [2.24, 2.45) is 0 Å². The van der Waals surface area contributed by atoms with Crippen molar-refractivity contribution < 1.29 is 18.7 Å². The van der Waals surface area contributed by atoms with Gasteiger partial charge < -0.3 is 15.4 Å². The minimum absolute atomic E-state index is 0.0888. The fourth-order valence-electron chi connectivity index (χ4n) is 3.17. The molecule has 0 aromatic carbocycles. The van der Waals surface area contributed by atoms with E-state index in [1.807, 2.05) is 0 Å². The van der Waals surface area contributed by atoms with E-state index in [4.69, 9.17) is 0 Å². The lowest BCUT2D eigenvalue weighted by Crippen LogP contribution is -2.53. The molecule has 3 heterocycles. The molecule has 0 unspecified atom stereocenters. The summed E-state index contributed by atoms with van der Waals surface area (Å²) < 4.78 is 27.7. The van der Waals surface area contributed by atoms with Gasteiger partial charge in [-0.1, -0.05) is 0 Å². The van der Waals surface area contributed by atoms with E-state index >= 15 is 0 Å². The third-order valence-corrected chi connectivity index (χ3v) is 4.51. The standard InChI is InChI=1S/C19H19F2N5O4/c1-9(14-12(21)6-10(20)7-23-14)24-16(27)15(19(2,3)30)26-17(28)11-4-5-22-8-13(11)25-18(26)29/h4-9,15,30H,1-3H3,(H,24,27)(H,25,29)/t9-,15-/m0/s1. The second kappa shape index (κ2) is 7.75. The zero-order valence-corrected chi connectivity index (χ0v) is 16.3. The molecule has 1 amide bonds. The van der Waals surface area contributed by atoms with Crippen LogP contribution < -0.4 is 16.6 Å². The van der Waals surface area contributed by atoms with Gasteiger partial charge in [-0.2, -0.15) is 0 Å². The van der Waals surface area contributed by atoms with Gasteiger partial charge in [0.25, 0.3) is 5.56 Å². The molecule has 30 heavy (non-hydrogen) atoms. The van der Waals surface area contributed by atoms with Crippen LogP contribution in [0.3, 0.4) is 0 Å². The number of hydrogen-bond acceptors (Lipinski definition) is 6. The summed E-state index contributed by atoms with van der Waals surface area (Å²) in [6.45, 7) is 3.89. The van der Waals surface area contributed by atoms with Crippen molar-refractivity contribution >= 4 is 16.8 Å². The molecule has 0 saturated heterocycles. The van der Waals surface area contributed by atoms with Crippen LogP contribution in [0.4, 0.5) is 8.78 Å². The summed E-state index contributed by atoms with van der Waals surface area (Å²) in [6.07, 6.45) is 3.42. The highest BCUT2D eigenvalue weighted by molar-refractivity contribution is 5.83. The number of pyridine rings is 2. The van der Waals surface area contributed by atoms with Crippen molar-refractivity contribution in [2.45, 2.75) is 38.5 Å². The van der Waals surface area contributed by atoms with Crippen molar-refractivity contribution in [3.63, 3.8) is 0 Å². The van der Waals surface area contributed by atoms with Gasteiger partial charge in [-0.15, -0.1) is 0 Å². The maximum Gasteiger partial charge on any atom is 0.329 e. The van der Waals surface area contributed by atoms with Crippen molar-refractivity contribution in [3.8, 4) is 0 Å². The van der Waals surface area contributed by atoms with Gasteiger partial charge in [0.15, 0.2) is 0 Å². The fraction of sp³-hybridized carbons (Fsp3) is 0.316. The molecule has 11 heteroatoms. The fourth-order valence-corrected chi connectivity index (χ4v) is 3.17. The topological polar surface area (TPSA) is 130 Å². The van der Waals surface area contributed by atoms with E-state index in [0.29, 0.717) is 10.6 Å². The van der Waals surface area contributed by atoms with E-state index in [1.54, 1.807) is 0 Å². The smallest absolute Gasteiger partial charge is 0.329 e. The van der Waals surface area contributed by atoms with Gasteiger partial charge in [0.2, 0.25) is 5.91 Å². The number of amides is 1. The van der Waals surface area contributed by atoms with Crippen LogP contribution in [0.25, 0.3) is 10.9 Å². The minimum Gasteiger partial charge on any atom is -0.388 e. The first kappa shape index (κ1) is 21.2. The first-order valence-corrected chi connectivity index (χ1v) is 8.93. The van der Waals surface area contributed by atoms with Crippen molar-refractivity contribution in [1.29, 1.82) is 0 Å². The van der Waals surface area contributed by atoms with Crippen LogP contribution >= 0.6 is 0 Å². The zero-order valence-electron chi connectivity index (χ0n) is 16.3. The number of halogens is 2. The first-order chi connectivity index (χ1) is 14.0. The molecule has 0 aliphatic carbocycles. The highest BCUT2D eigenvalue weighted by atomic mass is 19.1. The maximum atomic E-state index is 14.0. The van der Waals surface area contributed by atoms with E-state index in [1.165, 1.54) is 39.2 Å². The molecule has 158 valence electrons. The van der Waals surface area contributed by atoms with Crippen molar-refractivity contribution in [2.75, 3.05) is 0 Å². The highest BCUT2D eigenvalue weighted by Crippen LogP contribution is 2.23. The Bertz CT molecular complexity index is 1230. The Hall–Kier alpha value is -3.47. The normalized spacial score (nSPS) is 13.8. The largest absolute Gasteiger partial charge is 0.388 e. The Morgan fingerprint density at radius 3 is 2.63 bits per heavy atom. The lowest BCUT2D eigenvalue weighted by molar-refractivity contribution is -0.132. The van der Waals surface area contributed by atoms with E-state index in [9.17, 15) is 28.3 Å². The number of aromatic nitrogens is 4. The first-order valence-electron chi connectivity index (χ1n) is 8.93. The summed E-state index contributed by atoms with van der Waals surface area (Å²) in [7, 11) is 0. The molecule has 0 aliphatic rings. The molecular weight excluding hydrogens is 400 g/mol. The summed E-state index contributed by atoms with van der Waals surface area (Å²) in [6, 6.07) is -0.714. The Balaban J connectivity index is 2.06. The van der Waals surface area contributed by atoms with Crippen LogP contribution in [0.5, 0.6) is 0 Å². The summed E-state index contributed by atoms with van der Waals surface area (Å²) in [4.78, 5) is 48.3. The monoisotopic (exact) mass is 419 g/mol. The van der Waals surface area contributed by atoms with E-state index in [-0.39, 0.29) is 16.6 Å². The molecule has 2 atom stereocenters. The van der Waals surface area contributed by atoms with Gasteiger partial charge in [-0.3, -0.25) is 19.6 Å². The second-order valence-corrected chi connectivity index (χ2v) is 7.33. The SMILES string of the molecule is C[C@H](NC(=O)[C@H](n1c(=O)[nH]c2cnccc2c1=O)C(C)(C)O)c1ncc(F)cc1F. The molecule has 0 radical (unpaired) electrons. The number of carbonyl (C=O) groups excluding carboxylic acids is 1. The number of rotatable bonds is 5. The summed E-state index contributed by atoms with van der Waals surface area (Å²) >= 11 is 0. The number of H-pyrrole nitrogens is 1. The summed E-state index contributed by atoms with van der Waals surface area (Å²) in [5, 5.41) is 13.1. The number of nitrogens with one attached hydrogen (secondary N) is 2. The number of hydrogen-bond donors (Lipinski definition) is 3. The van der Waals surface area contributed by atoms with E-state index < -0.39 is 46.5 Å². The Morgan fingerprint density at radius 1 is 1.30 bits per heavy atom. The molecule has 3 aromatic rings. The highest BCUT2D eigenvalue weighted by Gasteiger charge is 2.38.